The number of carbonyl (C=O) groups excluding carboxylic acids is 1. The molecule has 0 unspecified atom stereocenters. The summed E-state index contributed by atoms with van der Waals surface area (Å²) in [6.45, 7) is 0. The second-order valence-electron chi connectivity index (χ2n) is 5.70. The van der Waals surface area contributed by atoms with Crippen molar-refractivity contribution in [2.24, 2.45) is 0 Å². The van der Waals surface area contributed by atoms with E-state index in [9.17, 15) is 39.6 Å². The van der Waals surface area contributed by atoms with Gasteiger partial charge in [0.25, 0.3) is 5.91 Å². The van der Waals surface area contributed by atoms with Crippen LogP contribution in [-0.4, -0.2) is 20.6 Å². The molecule has 0 saturated heterocycles. The Bertz CT molecular complexity index is 951. The molecule has 0 heterocycles. The molecular formula is C16H12F6N2O3S. The minimum absolute atomic E-state index is 0.0371. The van der Waals surface area contributed by atoms with Gasteiger partial charge < -0.3 is 5.32 Å². The number of rotatable bonds is 4. The van der Waals surface area contributed by atoms with Crippen molar-refractivity contribution in [3.8, 4) is 0 Å². The van der Waals surface area contributed by atoms with Gasteiger partial charge in [-0.3, -0.25) is 9.52 Å². The lowest BCUT2D eigenvalue weighted by atomic mass is 10.0. The summed E-state index contributed by atoms with van der Waals surface area (Å²) in [4.78, 5) is 12.1. The standard InChI is InChI=1S/C16H12F6N2O3S/c1-28(26,27)24-13-4-2-12(3-5-13)23-14(25)9-6-10(15(17,18)19)8-11(7-9)16(20,21)22/h2-8,24H,1H3,(H,23,25). The summed E-state index contributed by atoms with van der Waals surface area (Å²) in [6, 6.07) is 5.50. The first-order valence-electron chi connectivity index (χ1n) is 7.34. The maximum absolute atomic E-state index is 12.9. The Morgan fingerprint density at radius 3 is 1.64 bits per heavy atom. The number of benzene rings is 2. The molecule has 1 amide bonds. The SMILES string of the molecule is CS(=O)(=O)Nc1ccc(NC(=O)c2cc(C(F)(F)F)cc(C(F)(F)F)c2)cc1. The number of hydrogen-bond acceptors (Lipinski definition) is 3. The molecule has 0 aromatic heterocycles. The molecule has 0 fully saturated rings. The van der Waals surface area contributed by atoms with Gasteiger partial charge in [-0.05, 0) is 42.5 Å². The lowest BCUT2D eigenvalue weighted by Gasteiger charge is -2.14. The molecule has 0 radical (unpaired) electrons. The summed E-state index contributed by atoms with van der Waals surface area (Å²) in [6.07, 6.45) is -9.24. The van der Waals surface area contributed by atoms with Gasteiger partial charge in [0.2, 0.25) is 10.0 Å². The van der Waals surface area contributed by atoms with Crippen molar-refractivity contribution in [2.45, 2.75) is 12.4 Å². The Morgan fingerprint density at radius 2 is 1.25 bits per heavy atom. The van der Waals surface area contributed by atoms with Gasteiger partial charge in [-0.25, -0.2) is 8.42 Å². The fraction of sp³-hybridized carbons (Fsp3) is 0.188. The summed E-state index contributed by atoms with van der Waals surface area (Å²) in [5.41, 5.74) is -3.87. The minimum atomic E-state index is -5.07. The molecule has 152 valence electrons. The zero-order chi connectivity index (χ0) is 21.3. The van der Waals surface area contributed by atoms with Crippen LogP contribution in [0.2, 0.25) is 0 Å². The molecular weight excluding hydrogens is 414 g/mol. The predicted molar refractivity (Wildman–Crippen MR) is 89.3 cm³/mol. The fourth-order valence-electron chi connectivity index (χ4n) is 2.12. The normalized spacial score (nSPS) is 12.5. The van der Waals surface area contributed by atoms with E-state index in [0.717, 1.165) is 6.26 Å². The number of carbonyl (C=O) groups is 1. The molecule has 0 saturated carbocycles. The topological polar surface area (TPSA) is 75.3 Å². The molecule has 0 atom stereocenters. The Kier molecular flexibility index (Phi) is 5.64. The van der Waals surface area contributed by atoms with E-state index in [1.54, 1.807) is 0 Å². The fourth-order valence-corrected chi connectivity index (χ4v) is 2.69. The Balaban J connectivity index is 2.31. The monoisotopic (exact) mass is 426 g/mol. The third-order valence-corrected chi connectivity index (χ3v) is 3.90. The van der Waals surface area contributed by atoms with E-state index < -0.39 is 45.0 Å². The molecule has 12 heteroatoms. The minimum Gasteiger partial charge on any atom is -0.322 e. The van der Waals surface area contributed by atoms with Gasteiger partial charge in [0, 0.05) is 16.9 Å². The second-order valence-corrected chi connectivity index (χ2v) is 7.45. The van der Waals surface area contributed by atoms with E-state index in [1.807, 2.05) is 0 Å². The van der Waals surface area contributed by atoms with Crippen molar-refractivity contribution < 1.29 is 39.6 Å². The first-order chi connectivity index (χ1) is 12.6. The largest absolute Gasteiger partial charge is 0.416 e. The van der Waals surface area contributed by atoms with E-state index in [1.165, 1.54) is 24.3 Å². The first-order valence-corrected chi connectivity index (χ1v) is 9.23. The second kappa shape index (κ2) is 7.34. The first kappa shape index (κ1) is 21.5. The van der Waals surface area contributed by atoms with Crippen LogP contribution in [0.4, 0.5) is 37.7 Å². The number of anilines is 2. The summed E-state index contributed by atoms with van der Waals surface area (Å²) in [7, 11) is -3.54. The van der Waals surface area contributed by atoms with Gasteiger partial charge >= 0.3 is 12.4 Å². The van der Waals surface area contributed by atoms with Crippen LogP contribution >= 0.6 is 0 Å². The van der Waals surface area contributed by atoms with E-state index in [2.05, 4.69) is 10.0 Å². The lowest BCUT2D eigenvalue weighted by Crippen LogP contribution is -2.17. The smallest absolute Gasteiger partial charge is 0.322 e. The third kappa shape index (κ3) is 5.87. The van der Waals surface area contributed by atoms with Crippen LogP contribution in [0.25, 0.3) is 0 Å². The number of halogens is 6. The van der Waals surface area contributed by atoms with Crippen LogP contribution < -0.4 is 10.0 Å². The van der Waals surface area contributed by atoms with Crippen LogP contribution in [0.5, 0.6) is 0 Å². The number of nitrogens with one attached hydrogen (secondary N) is 2. The van der Waals surface area contributed by atoms with Crippen LogP contribution in [0.3, 0.4) is 0 Å². The Labute approximate surface area is 155 Å². The highest BCUT2D eigenvalue weighted by Crippen LogP contribution is 2.36. The Hall–Kier alpha value is -2.76. The van der Waals surface area contributed by atoms with E-state index in [-0.39, 0.29) is 17.4 Å². The molecule has 0 aliphatic carbocycles. The number of alkyl halides is 6. The average molecular weight is 426 g/mol. The van der Waals surface area contributed by atoms with E-state index >= 15 is 0 Å². The molecule has 5 nitrogen and oxygen atoms in total. The third-order valence-electron chi connectivity index (χ3n) is 3.30. The molecule has 0 bridgehead atoms. The summed E-state index contributed by atoms with van der Waals surface area (Å²) in [5, 5.41) is 2.15. The number of sulfonamides is 1. The van der Waals surface area contributed by atoms with Crippen molar-refractivity contribution in [1.82, 2.24) is 0 Å². The molecule has 0 spiro atoms. The van der Waals surface area contributed by atoms with Crippen molar-refractivity contribution in [1.29, 1.82) is 0 Å². The van der Waals surface area contributed by atoms with Crippen molar-refractivity contribution in [2.75, 3.05) is 16.3 Å². The van der Waals surface area contributed by atoms with Crippen LogP contribution in [0.1, 0.15) is 21.5 Å². The zero-order valence-corrected chi connectivity index (χ0v) is 14.8. The summed E-state index contributed by atoms with van der Waals surface area (Å²) >= 11 is 0. The quantitative estimate of drug-likeness (QED) is 0.714. The summed E-state index contributed by atoms with van der Waals surface area (Å²) in [5.74, 6) is -1.19. The summed E-state index contributed by atoms with van der Waals surface area (Å²) < 4.78 is 101. The number of hydrogen-bond donors (Lipinski definition) is 2. The molecule has 0 aliphatic heterocycles. The Morgan fingerprint density at radius 1 is 0.821 bits per heavy atom. The van der Waals surface area contributed by atoms with Crippen LogP contribution in [0, 0.1) is 0 Å². The number of amides is 1. The maximum atomic E-state index is 12.9. The van der Waals surface area contributed by atoms with Gasteiger partial charge in [-0.15, -0.1) is 0 Å². The van der Waals surface area contributed by atoms with Crippen LogP contribution in [-0.2, 0) is 22.4 Å². The molecule has 0 aliphatic rings. The highest BCUT2D eigenvalue weighted by Gasteiger charge is 2.37. The molecule has 2 N–H and O–H groups in total. The zero-order valence-electron chi connectivity index (χ0n) is 13.9. The highest BCUT2D eigenvalue weighted by atomic mass is 32.2. The van der Waals surface area contributed by atoms with Gasteiger partial charge in [-0.1, -0.05) is 0 Å². The van der Waals surface area contributed by atoms with Gasteiger partial charge in [0.15, 0.2) is 0 Å². The average Bonchev–Trinajstić information content (AvgIpc) is 2.53. The maximum Gasteiger partial charge on any atom is 0.416 e. The molecule has 2 rings (SSSR count). The molecule has 2 aromatic carbocycles. The molecule has 2 aromatic rings. The van der Waals surface area contributed by atoms with Gasteiger partial charge in [0.1, 0.15) is 0 Å². The highest BCUT2D eigenvalue weighted by molar-refractivity contribution is 7.92. The van der Waals surface area contributed by atoms with Crippen LogP contribution in [0.15, 0.2) is 42.5 Å². The van der Waals surface area contributed by atoms with Gasteiger partial charge in [0.05, 0.1) is 17.4 Å². The molecule has 28 heavy (non-hydrogen) atoms. The van der Waals surface area contributed by atoms with E-state index in [0.29, 0.717) is 12.1 Å². The van der Waals surface area contributed by atoms with Crippen molar-refractivity contribution >= 4 is 27.3 Å². The van der Waals surface area contributed by atoms with Crippen molar-refractivity contribution in [3.05, 3.63) is 59.2 Å². The van der Waals surface area contributed by atoms with Gasteiger partial charge in [-0.2, -0.15) is 26.3 Å². The van der Waals surface area contributed by atoms with Crippen molar-refractivity contribution in [3.63, 3.8) is 0 Å². The lowest BCUT2D eigenvalue weighted by molar-refractivity contribution is -0.143. The predicted octanol–water partition coefficient (Wildman–Crippen LogP) is 4.35. The van der Waals surface area contributed by atoms with E-state index in [4.69, 9.17) is 0 Å².